The zero-order chi connectivity index (χ0) is 33.6. The summed E-state index contributed by atoms with van der Waals surface area (Å²) in [5.41, 5.74) is 3.64. The highest BCUT2D eigenvalue weighted by Gasteiger charge is 2.31. The molecule has 2 radical (unpaired) electrons. The van der Waals surface area contributed by atoms with Crippen LogP contribution in [-0.2, 0) is 0 Å². The molecule has 6 aromatic rings. The maximum atomic E-state index is 6.03. The van der Waals surface area contributed by atoms with Crippen molar-refractivity contribution in [3.63, 3.8) is 0 Å². The van der Waals surface area contributed by atoms with Crippen molar-refractivity contribution in [2.24, 2.45) is 0 Å². The second-order valence-electron chi connectivity index (χ2n) is 9.73. The second-order valence-corrected chi connectivity index (χ2v) is 15.2. The van der Waals surface area contributed by atoms with E-state index in [2.05, 4.69) is 22.9 Å². The average Bonchev–Trinajstić information content (AvgIpc) is 3.97. The number of methoxy groups -OCH3 is 6. The Labute approximate surface area is 304 Å². The average molecular weight is 751 g/mol. The molecule has 0 aromatic carbocycles. The van der Waals surface area contributed by atoms with E-state index in [9.17, 15) is 0 Å². The van der Waals surface area contributed by atoms with Gasteiger partial charge in [-0.2, -0.15) is 0 Å². The van der Waals surface area contributed by atoms with Crippen molar-refractivity contribution in [3.05, 3.63) is 97.9 Å². The first-order valence-corrected chi connectivity index (χ1v) is 19.4. The molecule has 6 rings (SSSR count). The van der Waals surface area contributed by atoms with Gasteiger partial charge in [0.15, 0.2) is 0 Å². The van der Waals surface area contributed by atoms with Gasteiger partial charge in [-0.05, 0) is 57.9 Å². The monoisotopic (exact) mass is 750 g/mol. The van der Waals surface area contributed by atoms with Crippen LogP contribution in [0.3, 0.4) is 0 Å². The molecule has 6 heterocycles. The van der Waals surface area contributed by atoms with E-state index in [4.69, 9.17) is 28.4 Å². The maximum Gasteiger partial charge on any atom is 0.138 e. The number of hydrogen-bond acceptors (Lipinski definition) is 12. The molecule has 0 aliphatic carbocycles. The Balaban J connectivity index is 1.86. The highest BCUT2D eigenvalue weighted by molar-refractivity contribution is 7.15. The molecule has 246 valence electrons. The van der Waals surface area contributed by atoms with Crippen LogP contribution in [0.25, 0.3) is 34.4 Å². The van der Waals surface area contributed by atoms with Crippen LogP contribution < -0.4 is 28.4 Å². The summed E-state index contributed by atoms with van der Waals surface area (Å²) in [6, 6.07) is 11.7. The normalized spacial score (nSPS) is 12.5. The predicted octanol–water partition coefficient (Wildman–Crippen LogP) is 11.1. The topological polar surface area (TPSA) is 55.4 Å². The van der Waals surface area contributed by atoms with E-state index in [1.165, 1.54) is 22.7 Å². The van der Waals surface area contributed by atoms with Crippen LogP contribution in [-0.4, -0.2) is 42.7 Å². The molecule has 0 atom stereocenters. The largest absolute Gasteiger partial charge is 0.495 e. The molecule has 6 nitrogen and oxygen atoms in total. The molecule has 0 aliphatic heterocycles. The minimum absolute atomic E-state index is 0.692. The molecule has 6 aromatic heterocycles. The predicted molar refractivity (Wildman–Crippen MR) is 205 cm³/mol. The van der Waals surface area contributed by atoms with Crippen LogP contribution in [0.5, 0.6) is 34.5 Å². The first-order chi connectivity index (χ1) is 23.6. The molecule has 0 amide bonds. The van der Waals surface area contributed by atoms with E-state index in [1.807, 2.05) is 57.9 Å². The molecule has 0 fully saturated rings. The van der Waals surface area contributed by atoms with Crippen LogP contribution in [0.15, 0.2) is 57.9 Å². The highest BCUT2D eigenvalue weighted by Crippen LogP contribution is 2.55. The lowest BCUT2D eigenvalue weighted by Gasteiger charge is -2.22. The van der Waals surface area contributed by atoms with Gasteiger partial charge in [0, 0.05) is 45.2 Å². The maximum absolute atomic E-state index is 6.03. The van der Waals surface area contributed by atoms with E-state index in [0.717, 1.165) is 74.6 Å². The third kappa shape index (κ3) is 6.60. The Kier molecular flexibility index (Phi) is 11.1. The third-order valence-electron chi connectivity index (χ3n) is 7.32. The van der Waals surface area contributed by atoms with Crippen LogP contribution >= 0.6 is 68.0 Å². The quantitative estimate of drug-likeness (QED) is 0.103. The van der Waals surface area contributed by atoms with Crippen molar-refractivity contribution in [2.75, 3.05) is 42.7 Å². The van der Waals surface area contributed by atoms with Crippen LogP contribution in [0, 0.1) is 10.8 Å². The summed E-state index contributed by atoms with van der Waals surface area (Å²) in [6.45, 7) is 0. The van der Waals surface area contributed by atoms with Crippen molar-refractivity contribution in [1.82, 2.24) is 0 Å². The van der Waals surface area contributed by atoms with E-state index in [0.29, 0.717) is 11.5 Å². The molecule has 0 saturated carbocycles. The summed E-state index contributed by atoms with van der Waals surface area (Å²) < 4.78 is 35.6. The molecular formula is C36H30O6S6. The standard InChI is InChI=1S/C36H30O6S6/c1-37-23-7-13-43-29(23)19-21(33-25(39-3)9-15-45-33)31(35-27(41-5)11-17-47-35)32(36-28(42-6)12-18-48-36)22(34-26(40-4)10-16-46-34)20-30-24(38-2)8-14-44-30/h7-16,19-20H,1-6H3. The fraction of sp³-hybridized carbons (Fsp3) is 0.167. The smallest absolute Gasteiger partial charge is 0.138 e. The lowest BCUT2D eigenvalue weighted by atomic mass is 9.88. The van der Waals surface area contributed by atoms with Crippen molar-refractivity contribution in [2.45, 2.75) is 0 Å². The molecule has 0 saturated heterocycles. The minimum Gasteiger partial charge on any atom is -0.495 e. The van der Waals surface area contributed by atoms with Crippen molar-refractivity contribution < 1.29 is 28.4 Å². The molecule has 12 heteroatoms. The Morgan fingerprint density at radius 1 is 0.458 bits per heavy atom. The summed E-state index contributed by atoms with van der Waals surface area (Å²) >= 11 is 9.39. The summed E-state index contributed by atoms with van der Waals surface area (Å²) in [4.78, 5) is 5.59. The van der Waals surface area contributed by atoms with Gasteiger partial charge in [-0.15, -0.1) is 68.0 Å². The SMILES string of the molecule is COc1ccsc1C=C(C(=C(C(=Cc1sccc1OC)c1sccc1OC)c1s[c]cc1OC)c1s[c]cc1OC)c1sccc1OC. The Bertz CT molecular complexity index is 1930. The minimum atomic E-state index is 0.692. The van der Waals surface area contributed by atoms with Crippen LogP contribution in [0.2, 0.25) is 0 Å². The Hall–Kier alpha value is -3.78. The second kappa shape index (κ2) is 15.6. The van der Waals surface area contributed by atoms with Crippen molar-refractivity contribution >= 4 is 102 Å². The molecule has 0 N–H and O–H groups in total. The van der Waals surface area contributed by atoms with Gasteiger partial charge in [-0.25, -0.2) is 0 Å². The summed E-state index contributed by atoms with van der Waals surface area (Å²) in [6.07, 6.45) is 4.34. The lowest BCUT2D eigenvalue weighted by molar-refractivity contribution is 0.414. The summed E-state index contributed by atoms with van der Waals surface area (Å²) in [7, 11) is 10.1. The molecular weight excluding hydrogens is 721 g/mol. The van der Waals surface area contributed by atoms with E-state index in [-0.39, 0.29) is 0 Å². The summed E-state index contributed by atoms with van der Waals surface area (Å²) in [5.74, 6) is 4.44. The molecule has 0 aliphatic rings. The van der Waals surface area contributed by atoms with Gasteiger partial charge in [0.2, 0.25) is 0 Å². The molecule has 0 bridgehead atoms. The lowest BCUT2D eigenvalue weighted by Crippen LogP contribution is -2.00. The zero-order valence-electron chi connectivity index (χ0n) is 26.8. The van der Waals surface area contributed by atoms with E-state index in [1.54, 1.807) is 88.0 Å². The third-order valence-corrected chi connectivity index (χ3v) is 12.6. The van der Waals surface area contributed by atoms with Gasteiger partial charge in [0.25, 0.3) is 0 Å². The van der Waals surface area contributed by atoms with E-state index >= 15 is 0 Å². The van der Waals surface area contributed by atoms with Gasteiger partial charge >= 0.3 is 0 Å². The molecule has 0 unspecified atom stereocenters. The van der Waals surface area contributed by atoms with Gasteiger partial charge < -0.3 is 28.4 Å². The first-order valence-electron chi connectivity index (χ1n) is 14.3. The Morgan fingerprint density at radius 2 is 0.812 bits per heavy atom. The van der Waals surface area contributed by atoms with Crippen LogP contribution in [0.1, 0.15) is 29.3 Å². The number of ether oxygens (including phenoxy) is 6. The number of rotatable bonds is 14. The van der Waals surface area contributed by atoms with Crippen LogP contribution in [0.4, 0.5) is 0 Å². The fourth-order valence-corrected chi connectivity index (χ4v) is 10.2. The fourth-order valence-electron chi connectivity index (χ4n) is 5.15. The zero-order valence-corrected chi connectivity index (χ0v) is 31.7. The summed E-state index contributed by atoms with van der Waals surface area (Å²) in [5, 5.41) is 14.8. The van der Waals surface area contributed by atoms with Crippen molar-refractivity contribution in [1.29, 1.82) is 0 Å². The molecule has 0 spiro atoms. The Morgan fingerprint density at radius 3 is 1.19 bits per heavy atom. The number of allylic oxidation sites excluding steroid dienone is 4. The highest BCUT2D eigenvalue weighted by atomic mass is 32.1. The molecule has 48 heavy (non-hydrogen) atoms. The number of thiophene rings is 6. The van der Waals surface area contributed by atoms with Gasteiger partial charge in [-0.1, -0.05) is 0 Å². The van der Waals surface area contributed by atoms with E-state index < -0.39 is 0 Å². The van der Waals surface area contributed by atoms with Gasteiger partial charge in [0.1, 0.15) is 34.5 Å². The number of hydrogen-bond donors (Lipinski definition) is 0. The first kappa shape index (κ1) is 34.1. The van der Waals surface area contributed by atoms with Gasteiger partial charge in [0.05, 0.1) is 71.9 Å². The van der Waals surface area contributed by atoms with Gasteiger partial charge in [-0.3, -0.25) is 0 Å². The van der Waals surface area contributed by atoms with Crippen molar-refractivity contribution in [3.8, 4) is 34.5 Å².